The Morgan fingerprint density at radius 1 is 1.11 bits per heavy atom. The lowest BCUT2D eigenvalue weighted by molar-refractivity contribution is 0.0600. The molecule has 2 rings (SSSR count). The van der Waals surface area contributed by atoms with Gasteiger partial charge in [-0.2, -0.15) is 0 Å². The fourth-order valence-electron chi connectivity index (χ4n) is 2.61. The van der Waals surface area contributed by atoms with Gasteiger partial charge in [0.1, 0.15) is 5.75 Å². The molecule has 0 amide bonds. The highest BCUT2D eigenvalue weighted by atomic mass is 127. The van der Waals surface area contributed by atoms with Crippen LogP contribution in [-0.4, -0.2) is 45.1 Å². The smallest absolute Gasteiger partial charge is 0.337 e. The Morgan fingerprint density at radius 3 is 2.37 bits per heavy atom. The second-order valence-electron chi connectivity index (χ2n) is 5.76. The van der Waals surface area contributed by atoms with Gasteiger partial charge in [0.2, 0.25) is 0 Å². The molecule has 0 unspecified atom stereocenters. The van der Waals surface area contributed by atoms with E-state index in [0.717, 1.165) is 22.8 Å². The summed E-state index contributed by atoms with van der Waals surface area (Å²) in [4.78, 5) is 17.8. The fourth-order valence-corrected chi connectivity index (χ4v) is 2.61. The number of hydrogen-bond acceptors (Lipinski definition) is 4. The maximum Gasteiger partial charge on any atom is 0.337 e. The van der Waals surface area contributed by atoms with Gasteiger partial charge in [0.15, 0.2) is 5.96 Å². The predicted octanol–water partition coefficient (Wildman–Crippen LogP) is 3.31. The molecule has 2 aromatic carbocycles. The number of rotatable bonds is 6. The molecule has 0 radical (unpaired) electrons. The summed E-state index contributed by atoms with van der Waals surface area (Å²) >= 11 is 0. The average Bonchev–Trinajstić information content (AvgIpc) is 2.68. The monoisotopic (exact) mass is 483 g/mol. The summed E-state index contributed by atoms with van der Waals surface area (Å²) in [6.45, 7) is 1.27. The molecular weight excluding hydrogens is 457 g/mol. The Hall–Kier alpha value is -2.29. The molecule has 0 saturated heterocycles. The molecule has 0 fully saturated rings. The van der Waals surface area contributed by atoms with Crippen LogP contribution >= 0.6 is 24.0 Å². The van der Waals surface area contributed by atoms with Crippen LogP contribution in [0.3, 0.4) is 0 Å². The standard InChI is InChI=1S/C20H25N3O3.HI/c1-21-20(23(2)14-17-7-5-6-8-18(17)25-3)22-13-15-9-11-16(12-10-15)19(24)26-4;/h5-12H,13-14H2,1-4H3,(H,21,22);1H. The summed E-state index contributed by atoms with van der Waals surface area (Å²) in [5, 5.41) is 3.32. The van der Waals surface area contributed by atoms with Crippen molar-refractivity contribution >= 4 is 35.9 Å². The zero-order valence-electron chi connectivity index (χ0n) is 16.1. The van der Waals surface area contributed by atoms with Crippen molar-refractivity contribution in [2.75, 3.05) is 28.3 Å². The average molecular weight is 483 g/mol. The Bertz CT molecular complexity index is 763. The van der Waals surface area contributed by atoms with Crippen molar-refractivity contribution in [2.45, 2.75) is 13.1 Å². The molecule has 0 heterocycles. The molecule has 2 aromatic rings. The molecule has 0 aliphatic heterocycles. The number of halogens is 1. The number of carbonyl (C=O) groups is 1. The van der Waals surface area contributed by atoms with Crippen LogP contribution in [-0.2, 0) is 17.8 Å². The van der Waals surface area contributed by atoms with Crippen molar-refractivity contribution in [3.8, 4) is 5.75 Å². The maximum absolute atomic E-state index is 11.5. The van der Waals surface area contributed by atoms with Gasteiger partial charge in [-0.05, 0) is 23.8 Å². The summed E-state index contributed by atoms with van der Waals surface area (Å²) in [7, 11) is 6.77. The van der Waals surface area contributed by atoms with Crippen LogP contribution in [0.4, 0.5) is 0 Å². The number of methoxy groups -OCH3 is 2. The molecule has 0 saturated carbocycles. The van der Waals surface area contributed by atoms with E-state index in [0.29, 0.717) is 18.7 Å². The van der Waals surface area contributed by atoms with Gasteiger partial charge in [-0.15, -0.1) is 24.0 Å². The zero-order chi connectivity index (χ0) is 18.9. The first-order chi connectivity index (χ1) is 12.6. The number of hydrogen-bond donors (Lipinski definition) is 1. The van der Waals surface area contributed by atoms with Gasteiger partial charge < -0.3 is 19.7 Å². The van der Waals surface area contributed by atoms with Gasteiger partial charge >= 0.3 is 5.97 Å². The number of benzene rings is 2. The number of aliphatic imine (C=N–C) groups is 1. The highest BCUT2D eigenvalue weighted by Gasteiger charge is 2.10. The van der Waals surface area contributed by atoms with Crippen LogP contribution in [0.25, 0.3) is 0 Å². The summed E-state index contributed by atoms with van der Waals surface area (Å²) in [5.74, 6) is 1.29. The number of nitrogens with one attached hydrogen (secondary N) is 1. The molecule has 0 spiro atoms. The van der Waals surface area contributed by atoms with E-state index >= 15 is 0 Å². The zero-order valence-corrected chi connectivity index (χ0v) is 18.4. The molecule has 0 bridgehead atoms. The minimum absolute atomic E-state index is 0. The summed E-state index contributed by atoms with van der Waals surface area (Å²) < 4.78 is 10.1. The number of nitrogens with zero attached hydrogens (tertiary/aromatic N) is 2. The summed E-state index contributed by atoms with van der Waals surface area (Å²) in [6.07, 6.45) is 0. The van der Waals surface area contributed by atoms with Crippen LogP contribution < -0.4 is 10.1 Å². The first-order valence-corrected chi connectivity index (χ1v) is 8.30. The Labute approximate surface area is 177 Å². The highest BCUT2D eigenvalue weighted by molar-refractivity contribution is 14.0. The molecule has 0 aromatic heterocycles. The van der Waals surface area contributed by atoms with Gasteiger partial charge in [-0.3, -0.25) is 4.99 Å². The van der Waals surface area contributed by atoms with Crippen molar-refractivity contribution in [1.29, 1.82) is 0 Å². The minimum atomic E-state index is -0.336. The highest BCUT2D eigenvalue weighted by Crippen LogP contribution is 2.18. The number of carbonyl (C=O) groups excluding carboxylic acids is 1. The van der Waals surface area contributed by atoms with Crippen molar-refractivity contribution in [3.05, 3.63) is 65.2 Å². The van der Waals surface area contributed by atoms with Crippen LogP contribution in [0.5, 0.6) is 5.75 Å². The van der Waals surface area contributed by atoms with Crippen molar-refractivity contribution in [2.24, 2.45) is 4.99 Å². The number of esters is 1. The number of guanidine groups is 1. The van der Waals surface area contributed by atoms with E-state index in [9.17, 15) is 4.79 Å². The first-order valence-electron chi connectivity index (χ1n) is 8.30. The molecular formula is C20H26IN3O3. The molecule has 146 valence electrons. The Balaban J connectivity index is 0.00000364. The third-order valence-electron chi connectivity index (χ3n) is 4.00. The van der Waals surface area contributed by atoms with Gasteiger partial charge in [0.25, 0.3) is 0 Å². The van der Waals surface area contributed by atoms with Crippen LogP contribution in [0.1, 0.15) is 21.5 Å². The second-order valence-corrected chi connectivity index (χ2v) is 5.76. The van der Waals surface area contributed by atoms with E-state index in [-0.39, 0.29) is 29.9 Å². The minimum Gasteiger partial charge on any atom is -0.496 e. The van der Waals surface area contributed by atoms with Crippen LogP contribution in [0, 0.1) is 0 Å². The van der Waals surface area contributed by atoms with E-state index in [1.807, 2.05) is 48.3 Å². The molecule has 0 atom stereocenters. The molecule has 0 aliphatic carbocycles. The van der Waals surface area contributed by atoms with Gasteiger partial charge in [0.05, 0.1) is 19.8 Å². The maximum atomic E-state index is 11.5. The van der Waals surface area contributed by atoms with E-state index in [1.165, 1.54) is 7.11 Å². The lowest BCUT2D eigenvalue weighted by Gasteiger charge is -2.23. The van der Waals surface area contributed by atoms with Crippen LogP contribution in [0.2, 0.25) is 0 Å². The quantitative estimate of drug-likeness (QED) is 0.296. The Kier molecular flexibility index (Phi) is 9.63. The summed E-state index contributed by atoms with van der Waals surface area (Å²) in [5.41, 5.74) is 2.67. The van der Waals surface area contributed by atoms with Crippen LogP contribution in [0.15, 0.2) is 53.5 Å². The predicted molar refractivity (Wildman–Crippen MR) is 118 cm³/mol. The van der Waals surface area contributed by atoms with Gasteiger partial charge in [-0.1, -0.05) is 30.3 Å². The number of ether oxygens (including phenoxy) is 2. The fraction of sp³-hybridized carbons (Fsp3) is 0.300. The first kappa shape index (κ1) is 22.8. The number of para-hydroxylation sites is 1. The normalized spacial score (nSPS) is 10.6. The topological polar surface area (TPSA) is 63.2 Å². The summed E-state index contributed by atoms with van der Waals surface area (Å²) in [6, 6.07) is 15.2. The van der Waals surface area contributed by atoms with E-state index in [4.69, 9.17) is 9.47 Å². The third-order valence-corrected chi connectivity index (χ3v) is 4.00. The van der Waals surface area contributed by atoms with E-state index in [2.05, 4.69) is 10.3 Å². The third kappa shape index (κ3) is 6.42. The van der Waals surface area contributed by atoms with Gasteiger partial charge in [0, 0.05) is 32.7 Å². The SMILES string of the molecule is CN=C(NCc1ccc(C(=O)OC)cc1)N(C)Cc1ccccc1OC.I. The van der Waals surface area contributed by atoms with Crippen molar-refractivity contribution in [3.63, 3.8) is 0 Å². The Morgan fingerprint density at radius 2 is 1.78 bits per heavy atom. The van der Waals surface area contributed by atoms with Crippen molar-refractivity contribution in [1.82, 2.24) is 10.2 Å². The molecule has 7 heteroatoms. The molecule has 27 heavy (non-hydrogen) atoms. The van der Waals surface area contributed by atoms with E-state index < -0.39 is 0 Å². The largest absolute Gasteiger partial charge is 0.496 e. The lowest BCUT2D eigenvalue weighted by Crippen LogP contribution is -2.38. The second kappa shape index (κ2) is 11.4. The molecule has 6 nitrogen and oxygen atoms in total. The molecule has 0 aliphatic rings. The molecule has 1 N–H and O–H groups in total. The van der Waals surface area contributed by atoms with Crippen molar-refractivity contribution < 1.29 is 14.3 Å². The van der Waals surface area contributed by atoms with Gasteiger partial charge in [-0.25, -0.2) is 4.79 Å². The van der Waals surface area contributed by atoms with E-state index in [1.54, 1.807) is 26.3 Å². The lowest BCUT2D eigenvalue weighted by atomic mass is 10.1.